The predicted molar refractivity (Wildman–Crippen MR) is 86.7 cm³/mol. The lowest BCUT2D eigenvalue weighted by atomic mass is 10.1. The first kappa shape index (κ1) is 15.1. The van der Waals surface area contributed by atoms with Crippen LogP contribution in [0, 0.1) is 13.8 Å². The summed E-state index contributed by atoms with van der Waals surface area (Å²) in [6.45, 7) is 3.62. The Balaban J connectivity index is 1.94. The molecular weight excluding hydrogens is 320 g/mol. The molecule has 1 aliphatic rings. The summed E-state index contributed by atoms with van der Waals surface area (Å²) in [5, 5.41) is 0.492. The minimum Gasteiger partial charge on any atom is -0.292 e. The van der Waals surface area contributed by atoms with E-state index < -0.39 is 20.4 Å². The molecule has 0 saturated carbocycles. The van der Waals surface area contributed by atoms with Crippen LogP contribution in [-0.2, 0) is 10.0 Å². The van der Waals surface area contributed by atoms with Crippen LogP contribution in [0.25, 0.3) is 0 Å². The maximum absolute atomic E-state index is 12.5. The molecule has 2 heterocycles. The van der Waals surface area contributed by atoms with Crippen molar-refractivity contribution < 1.29 is 13.2 Å². The number of hydrogen-bond acceptors (Lipinski definition) is 5. The second kappa shape index (κ2) is 5.40. The van der Waals surface area contributed by atoms with Crippen LogP contribution >= 0.6 is 11.8 Å². The van der Waals surface area contributed by atoms with Gasteiger partial charge >= 0.3 is 0 Å². The van der Waals surface area contributed by atoms with Gasteiger partial charge in [-0.15, -0.1) is 0 Å². The van der Waals surface area contributed by atoms with Crippen LogP contribution in [0.4, 0.5) is 5.69 Å². The van der Waals surface area contributed by atoms with Gasteiger partial charge in [-0.2, -0.15) is 0 Å². The third-order valence-electron chi connectivity index (χ3n) is 3.31. The zero-order valence-corrected chi connectivity index (χ0v) is 13.7. The van der Waals surface area contributed by atoms with E-state index in [4.69, 9.17) is 0 Å². The topological polar surface area (TPSA) is 76.1 Å². The van der Waals surface area contributed by atoms with E-state index in [9.17, 15) is 13.2 Å². The second-order valence-corrected chi connectivity index (χ2v) is 8.25. The lowest BCUT2D eigenvalue weighted by molar-refractivity contribution is 0.101. The van der Waals surface area contributed by atoms with E-state index in [1.165, 1.54) is 0 Å². The van der Waals surface area contributed by atoms with Gasteiger partial charge < -0.3 is 0 Å². The van der Waals surface area contributed by atoms with Crippen molar-refractivity contribution in [2.45, 2.75) is 23.5 Å². The molecular formula is C15H14N2O3S2. The van der Waals surface area contributed by atoms with Gasteiger partial charge in [0.2, 0.25) is 0 Å². The number of nitrogens with zero attached hydrogens (tertiary/aromatic N) is 1. The largest absolute Gasteiger partial charge is 0.292 e. The molecule has 3 rings (SSSR count). The fourth-order valence-corrected chi connectivity index (χ4v) is 5.29. The van der Waals surface area contributed by atoms with Gasteiger partial charge in [-0.05, 0) is 37.6 Å². The first-order valence-electron chi connectivity index (χ1n) is 6.64. The quantitative estimate of drug-likeness (QED) is 0.934. The molecule has 114 valence electrons. The minimum absolute atomic E-state index is 0.409. The van der Waals surface area contributed by atoms with Gasteiger partial charge in [0.15, 0.2) is 10.4 Å². The molecule has 0 amide bonds. The van der Waals surface area contributed by atoms with Crippen molar-refractivity contribution in [3.8, 4) is 0 Å². The number of nitrogens with one attached hydrogen (secondary N) is 1. The first-order chi connectivity index (χ1) is 10.4. The number of para-hydroxylation sites is 1. The highest BCUT2D eigenvalue weighted by Crippen LogP contribution is 2.40. The molecule has 22 heavy (non-hydrogen) atoms. The number of benzene rings is 1. The fourth-order valence-electron chi connectivity index (χ4n) is 2.39. The number of carbonyl (C=O) groups is 1. The Kier molecular flexibility index (Phi) is 3.70. The van der Waals surface area contributed by atoms with Crippen LogP contribution in [-0.4, -0.2) is 23.8 Å². The molecule has 1 atom stereocenters. The molecule has 0 saturated heterocycles. The summed E-state index contributed by atoms with van der Waals surface area (Å²) < 4.78 is 26.3. The van der Waals surface area contributed by atoms with Crippen molar-refractivity contribution in [2.75, 3.05) is 4.72 Å². The highest BCUT2D eigenvalue weighted by atomic mass is 32.3. The number of Topliss-reactive ketones (excluding diaryl/α,β-unsaturated/α-hetero) is 1. The Bertz CT molecular complexity index is 849. The zero-order chi connectivity index (χ0) is 15.9. The summed E-state index contributed by atoms with van der Waals surface area (Å²) in [5.41, 5.74) is 2.38. The smallest absolute Gasteiger partial charge is 0.253 e. The molecule has 5 nitrogen and oxygen atoms in total. The minimum atomic E-state index is -3.84. The number of thioether (sulfide) groups is 1. The second-order valence-electron chi connectivity index (χ2n) is 5.09. The average molecular weight is 334 g/mol. The van der Waals surface area contributed by atoms with Crippen LogP contribution in [0.2, 0.25) is 0 Å². The van der Waals surface area contributed by atoms with Crippen LogP contribution in [0.15, 0.2) is 41.4 Å². The van der Waals surface area contributed by atoms with Gasteiger partial charge in [0.25, 0.3) is 10.0 Å². The molecule has 1 N–H and O–H groups in total. The first-order valence-corrected chi connectivity index (χ1v) is 9.07. The van der Waals surface area contributed by atoms with Crippen molar-refractivity contribution >= 4 is 33.3 Å². The molecule has 1 aliphatic heterocycles. The summed E-state index contributed by atoms with van der Waals surface area (Å²) in [6, 6.07) is 10.3. The van der Waals surface area contributed by atoms with Crippen molar-refractivity contribution in [3.63, 3.8) is 0 Å². The number of fused-ring (bicyclic) bond motifs is 1. The number of carbonyl (C=O) groups excluding carboxylic acids is 1. The van der Waals surface area contributed by atoms with Crippen molar-refractivity contribution in [2.24, 2.45) is 0 Å². The molecule has 0 spiro atoms. The molecule has 1 aromatic heterocycles. The monoisotopic (exact) mass is 334 g/mol. The van der Waals surface area contributed by atoms with E-state index in [1.54, 1.807) is 43.3 Å². The Morgan fingerprint density at radius 1 is 1.18 bits per heavy atom. The maximum atomic E-state index is 12.5. The average Bonchev–Trinajstić information content (AvgIpc) is 2.77. The molecule has 0 radical (unpaired) electrons. The summed E-state index contributed by atoms with van der Waals surface area (Å²) >= 11 is 0.988. The molecule has 7 heteroatoms. The van der Waals surface area contributed by atoms with Gasteiger partial charge in [0.05, 0.1) is 5.56 Å². The van der Waals surface area contributed by atoms with Crippen molar-refractivity contribution in [1.29, 1.82) is 0 Å². The number of aromatic nitrogens is 1. The Morgan fingerprint density at radius 3 is 2.55 bits per heavy atom. The fraction of sp³-hybridized carbons (Fsp3) is 0.200. The lowest BCUT2D eigenvalue weighted by Crippen LogP contribution is -2.29. The van der Waals surface area contributed by atoms with Crippen LogP contribution in [0.5, 0.6) is 0 Å². The molecule has 2 aromatic rings. The number of pyridine rings is 1. The Labute approximate surface area is 133 Å². The summed E-state index contributed by atoms with van der Waals surface area (Å²) in [6.07, 6.45) is 0. The standard InChI is InChI=1S/C15H14N2O3S2/c1-9-8-10(2)16-14-12(9)13(18)15(21-14)22(19,20)17-11-6-4-3-5-7-11/h3-8,15,17H,1-2H3. The molecule has 1 aromatic carbocycles. The third kappa shape index (κ3) is 2.62. The molecule has 0 bridgehead atoms. The van der Waals surface area contributed by atoms with Gasteiger partial charge in [0, 0.05) is 11.4 Å². The van der Waals surface area contributed by atoms with Gasteiger partial charge in [-0.25, -0.2) is 13.4 Å². The van der Waals surface area contributed by atoms with E-state index in [0.29, 0.717) is 16.3 Å². The normalized spacial score (nSPS) is 17.4. The van der Waals surface area contributed by atoms with Crippen LogP contribution in [0.1, 0.15) is 21.6 Å². The maximum Gasteiger partial charge on any atom is 0.253 e. The number of hydrogen-bond donors (Lipinski definition) is 1. The van der Waals surface area contributed by atoms with Crippen molar-refractivity contribution in [3.05, 3.63) is 53.2 Å². The van der Waals surface area contributed by atoms with Crippen LogP contribution < -0.4 is 4.72 Å². The Hall–Kier alpha value is -1.86. The third-order valence-corrected chi connectivity index (χ3v) is 6.60. The molecule has 0 fully saturated rings. The number of anilines is 1. The van der Waals surface area contributed by atoms with E-state index in [0.717, 1.165) is 23.0 Å². The summed E-state index contributed by atoms with van der Waals surface area (Å²) in [4.78, 5) is 16.8. The number of rotatable bonds is 3. The SMILES string of the molecule is Cc1cc(C)c2c(n1)SC(S(=O)(=O)Nc1ccccc1)C2=O. The highest BCUT2D eigenvalue weighted by Gasteiger charge is 2.43. The predicted octanol–water partition coefficient (Wildman–Crippen LogP) is 2.75. The number of aryl methyl sites for hydroxylation is 2. The molecule has 0 aliphatic carbocycles. The lowest BCUT2D eigenvalue weighted by Gasteiger charge is -2.11. The zero-order valence-electron chi connectivity index (χ0n) is 12.0. The van der Waals surface area contributed by atoms with E-state index in [2.05, 4.69) is 9.71 Å². The molecule has 1 unspecified atom stereocenters. The van der Waals surface area contributed by atoms with E-state index in [-0.39, 0.29) is 0 Å². The van der Waals surface area contributed by atoms with Gasteiger partial charge in [0.1, 0.15) is 5.03 Å². The van der Waals surface area contributed by atoms with Crippen molar-refractivity contribution in [1.82, 2.24) is 4.98 Å². The van der Waals surface area contributed by atoms with Gasteiger partial charge in [-0.3, -0.25) is 9.52 Å². The summed E-state index contributed by atoms with van der Waals surface area (Å²) in [7, 11) is -3.84. The summed E-state index contributed by atoms with van der Waals surface area (Å²) in [5.74, 6) is -0.409. The Morgan fingerprint density at radius 2 is 1.86 bits per heavy atom. The number of ketones is 1. The highest BCUT2D eigenvalue weighted by molar-refractivity contribution is 8.15. The van der Waals surface area contributed by atoms with E-state index in [1.807, 2.05) is 6.92 Å². The number of sulfonamides is 1. The van der Waals surface area contributed by atoms with E-state index >= 15 is 0 Å². The van der Waals surface area contributed by atoms with Gasteiger partial charge in [-0.1, -0.05) is 30.0 Å². The van der Waals surface area contributed by atoms with Crippen LogP contribution in [0.3, 0.4) is 0 Å².